The lowest BCUT2D eigenvalue weighted by Crippen LogP contribution is -2.65. The predicted molar refractivity (Wildman–Crippen MR) is 106 cm³/mol. The third kappa shape index (κ3) is 7.26. The Balaban J connectivity index is 3.15. The molecule has 152 valence electrons. The van der Waals surface area contributed by atoms with Gasteiger partial charge in [0.2, 0.25) is 5.91 Å². The lowest BCUT2D eigenvalue weighted by atomic mass is 9.71. The predicted octanol–water partition coefficient (Wildman–Crippen LogP) is 3.95. The van der Waals surface area contributed by atoms with Gasteiger partial charge in [-0.15, -0.1) is 0 Å². The van der Waals surface area contributed by atoms with Gasteiger partial charge in [0.1, 0.15) is 5.54 Å². The van der Waals surface area contributed by atoms with Gasteiger partial charge in [0, 0.05) is 5.54 Å². The molecule has 1 aliphatic rings. The number of carbonyl (C=O) groups excluding carboxylic acids is 2. The van der Waals surface area contributed by atoms with Gasteiger partial charge in [-0.3, -0.25) is 9.59 Å². The number of esters is 1. The van der Waals surface area contributed by atoms with Crippen molar-refractivity contribution in [2.75, 3.05) is 6.54 Å². The second kappa shape index (κ2) is 10.3. The number of rotatable bonds is 9. The molecule has 2 N–H and O–H groups in total. The van der Waals surface area contributed by atoms with E-state index in [4.69, 9.17) is 4.74 Å². The highest BCUT2D eigenvalue weighted by atomic mass is 16.5. The lowest BCUT2D eigenvalue weighted by Gasteiger charge is -2.43. The van der Waals surface area contributed by atoms with Crippen LogP contribution in [0.1, 0.15) is 92.9 Å². The smallest absolute Gasteiger partial charge is 0.308 e. The molecule has 26 heavy (non-hydrogen) atoms. The van der Waals surface area contributed by atoms with E-state index in [1.807, 2.05) is 34.6 Å². The van der Waals surface area contributed by atoms with Crippen LogP contribution >= 0.6 is 0 Å². The van der Waals surface area contributed by atoms with E-state index in [-0.39, 0.29) is 35.9 Å². The van der Waals surface area contributed by atoms with Crippen LogP contribution in [0, 0.1) is 5.92 Å². The molecule has 1 amide bonds. The first-order chi connectivity index (χ1) is 12.1. The first kappa shape index (κ1) is 22.9. The summed E-state index contributed by atoms with van der Waals surface area (Å²) in [7, 11) is 0. The Morgan fingerprint density at radius 3 is 2.23 bits per heavy atom. The molecule has 5 heteroatoms. The van der Waals surface area contributed by atoms with Crippen LogP contribution in [0.2, 0.25) is 0 Å². The topological polar surface area (TPSA) is 67.4 Å². The van der Waals surface area contributed by atoms with Crippen LogP contribution < -0.4 is 10.6 Å². The Bertz CT molecular complexity index is 451. The van der Waals surface area contributed by atoms with E-state index in [0.717, 1.165) is 45.1 Å². The number of amides is 1. The first-order valence-electron chi connectivity index (χ1n) is 10.4. The van der Waals surface area contributed by atoms with E-state index in [2.05, 4.69) is 17.6 Å². The molecule has 0 aliphatic heterocycles. The average molecular weight is 369 g/mol. The summed E-state index contributed by atoms with van der Waals surface area (Å²) in [6, 6.07) is 0. The lowest BCUT2D eigenvalue weighted by molar-refractivity contribution is -0.153. The number of carbonyl (C=O) groups is 2. The van der Waals surface area contributed by atoms with Gasteiger partial charge >= 0.3 is 5.97 Å². The van der Waals surface area contributed by atoms with E-state index in [9.17, 15) is 9.59 Å². The van der Waals surface area contributed by atoms with Gasteiger partial charge in [-0.1, -0.05) is 32.6 Å². The first-order valence-corrected chi connectivity index (χ1v) is 10.4. The molecular formula is C21H40N2O3. The van der Waals surface area contributed by atoms with Crippen LogP contribution in [0.15, 0.2) is 0 Å². The molecule has 0 heterocycles. The Kier molecular flexibility index (Phi) is 9.08. The quantitative estimate of drug-likeness (QED) is 0.478. The second-order valence-corrected chi connectivity index (χ2v) is 9.01. The van der Waals surface area contributed by atoms with Crippen molar-refractivity contribution in [2.45, 2.75) is 110 Å². The highest BCUT2D eigenvalue weighted by Crippen LogP contribution is 2.36. The minimum atomic E-state index is -0.880. The Morgan fingerprint density at radius 1 is 1.12 bits per heavy atom. The molecule has 5 nitrogen and oxygen atoms in total. The summed E-state index contributed by atoms with van der Waals surface area (Å²) in [6.07, 6.45) is 7.35. The van der Waals surface area contributed by atoms with Crippen LogP contribution in [0.3, 0.4) is 0 Å². The maximum atomic E-state index is 13.4. The number of nitrogens with one attached hydrogen (secondary N) is 2. The number of ether oxygens (including phenoxy) is 1. The van der Waals surface area contributed by atoms with Crippen molar-refractivity contribution in [3.8, 4) is 0 Å². The summed E-state index contributed by atoms with van der Waals surface area (Å²) in [6.45, 7) is 12.5. The van der Waals surface area contributed by atoms with Crippen LogP contribution in [0.4, 0.5) is 0 Å². The van der Waals surface area contributed by atoms with Crippen LogP contribution in [0.5, 0.6) is 0 Å². The molecule has 0 saturated heterocycles. The Morgan fingerprint density at radius 2 is 1.73 bits per heavy atom. The normalized spacial score (nSPS) is 18.4. The maximum absolute atomic E-state index is 13.4. The molecule has 1 fully saturated rings. The fourth-order valence-electron chi connectivity index (χ4n) is 3.77. The van der Waals surface area contributed by atoms with E-state index < -0.39 is 5.54 Å². The van der Waals surface area contributed by atoms with Gasteiger partial charge < -0.3 is 15.4 Å². The summed E-state index contributed by atoms with van der Waals surface area (Å²) in [5.74, 6) is -0.192. The van der Waals surface area contributed by atoms with Crippen molar-refractivity contribution < 1.29 is 14.3 Å². The molecule has 0 aromatic carbocycles. The molecule has 1 rings (SSSR count). The molecule has 0 aromatic rings. The van der Waals surface area contributed by atoms with Crippen LogP contribution in [0.25, 0.3) is 0 Å². The summed E-state index contributed by atoms with van der Waals surface area (Å²) in [5.41, 5.74) is -1.22. The van der Waals surface area contributed by atoms with Crippen molar-refractivity contribution in [2.24, 2.45) is 5.92 Å². The molecule has 1 atom stereocenters. The Hall–Kier alpha value is -1.10. The van der Waals surface area contributed by atoms with Gasteiger partial charge in [-0.05, 0) is 66.3 Å². The zero-order valence-electron chi connectivity index (χ0n) is 17.7. The summed E-state index contributed by atoms with van der Waals surface area (Å²) < 4.78 is 5.42. The molecule has 1 saturated carbocycles. The molecule has 0 aromatic heterocycles. The molecule has 0 radical (unpaired) electrons. The van der Waals surface area contributed by atoms with Crippen molar-refractivity contribution in [1.29, 1.82) is 0 Å². The van der Waals surface area contributed by atoms with E-state index in [1.165, 1.54) is 6.42 Å². The van der Waals surface area contributed by atoms with Crippen molar-refractivity contribution in [1.82, 2.24) is 10.6 Å². The molecule has 1 aliphatic carbocycles. The standard InChI is InChI=1S/C21H40N2O3/c1-7-8-14-22-21(15-18(24)26-16(2)3,17-12-10-9-11-13-17)19(25)23-20(4,5)6/h16-17,22H,7-15H2,1-6H3,(H,23,25). The van der Waals surface area contributed by atoms with Crippen LogP contribution in [-0.2, 0) is 14.3 Å². The summed E-state index contributed by atoms with van der Waals surface area (Å²) in [5, 5.41) is 6.65. The maximum Gasteiger partial charge on any atom is 0.308 e. The number of hydrogen-bond acceptors (Lipinski definition) is 4. The van der Waals surface area contributed by atoms with Gasteiger partial charge in [0.25, 0.3) is 0 Å². The molecular weight excluding hydrogens is 328 g/mol. The van der Waals surface area contributed by atoms with Crippen molar-refractivity contribution in [3.05, 3.63) is 0 Å². The second-order valence-electron chi connectivity index (χ2n) is 9.01. The SMILES string of the molecule is CCCCNC(CC(=O)OC(C)C)(C(=O)NC(C)(C)C)C1CCCCC1. The fourth-order valence-corrected chi connectivity index (χ4v) is 3.77. The van der Waals surface area contributed by atoms with Gasteiger partial charge in [-0.2, -0.15) is 0 Å². The van der Waals surface area contributed by atoms with Gasteiger partial charge in [0.15, 0.2) is 0 Å². The Labute approximate surface area is 160 Å². The average Bonchev–Trinajstić information content (AvgIpc) is 2.52. The fraction of sp³-hybridized carbons (Fsp3) is 0.905. The van der Waals surface area contributed by atoms with Crippen molar-refractivity contribution >= 4 is 11.9 Å². The van der Waals surface area contributed by atoms with Gasteiger partial charge in [-0.25, -0.2) is 0 Å². The zero-order chi connectivity index (χ0) is 19.8. The number of unbranched alkanes of at least 4 members (excludes halogenated alkanes) is 1. The summed E-state index contributed by atoms with van der Waals surface area (Å²) in [4.78, 5) is 26.0. The van der Waals surface area contributed by atoms with Crippen LogP contribution in [-0.4, -0.2) is 35.6 Å². The molecule has 0 bridgehead atoms. The summed E-state index contributed by atoms with van der Waals surface area (Å²) >= 11 is 0. The third-order valence-electron chi connectivity index (χ3n) is 4.96. The third-order valence-corrected chi connectivity index (χ3v) is 4.96. The highest BCUT2D eigenvalue weighted by Gasteiger charge is 2.48. The molecule has 0 spiro atoms. The van der Waals surface area contributed by atoms with E-state index >= 15 is 0 Å². The minimum absolute atomic E-state index is 0.0614. The zero-order valence-corrected chi connectivity index (χ0v) is 17.7. The minimum Gasteiger partial charge on any atom is -0.463 e. The number of hydrogen-bond donors (Lipinski definition) is 2. The van der Waals surface area contributed by atoms with Crippen molar-refractivity contribution in [3.63, 3.8) is 0 Å². The monoisotopic (exact) mass is 368 g/mol. The van der Waals surface area contributed by atoms with E-state index in [1.54, 1.807) is 0 Å². The van der Waals surface area contributed by atoms with E-state index in [0.29, 0.717) is 0 Å². The highest BCUT2D eigenvalue weighted by molar-refractivity contribution is 5.91. The van der Waals surface area contributed by atoms with Gasteiger partial charge in [0.05, 0.1) is 12.5 Å². The largest absolute Gasteiger partial charge is 0.463 e. The molecule has 1 unspecified atom stereocenters.